The molecule has 1 atom stereocenters. The van der Waals surface area contributed by atoms with Crippen LogP contribution in [0.15, 0.2) is 0 Å². The highest BCUT2D eigenvalue weighted by molar-refractivity contribution is 7.77. The van der Waals surface area contributed by atoms with Gasteiger partial charge in [-0.25, -0.2) is 4.31 Å². The van der Waals surface area contributed by atoms with Crippen LogP contribution in [0.1, 0.15) is 0 Å². The quantitative estimate of drug-likeness (QED) is 0.530. The van der Waals surface area contributed by atoms with E-state index in [0.717, 1.165) is 6.54 Å². The summed E-state index contributed by atoms with van der Waals surface area (Å²) in [5.74, 6) is -0.799. The Morgan fingerprint density at radius 2 is 2.27 bits per heavy atom. The fourth-order valence-corrected chi connectivity index (χ4v) is 1.38. The highest BCUT2D eigenvalue weighted by atomic mass is 32.1. The van der Waals surface area contributed by atoms with Crippen LogP contribution in [0.5, 0.6) is 0 Å². The Kier molecular flexibility index (Phi) is 2.75. The summed E-state index contributed by atoms with van der Waals surface area (Å²) in [6, 6.07) is -0.461. The lowest BCUT2D eigenvalue weighted by atomic mass is 10.2. The first-order valence-corrected chi connectivity index (χ1v) is 3.88. The molecule has 0 radical (unpaired) electrons. The Bertz CT molecular complexity index is 165. The Balaban J connectivity index is 2.54. The zero-order valence-electron chi connectivity index (χ0n) is 6.40. The summed E-state index contributed by atoms with van der Waals surface area (Å²) in [6.07, 6.45) is 0. The van der Waals surface area contributed by atoms with Crippen LogP contribution in [0.25, 0.3) is 0 Å². The molecule has 1 N–H and O–H groups in total. The van der Waals surface area contributed by atoms with Crippen molar-refractivity contribution in [2.45, 2.75) is 6.04 Å². The second kappa shape index (κ2) is 3.42. The van der Waals surface area contributed by atoms with Crippen molar-refractivity contribution >= 4 is 18.8 Å². The molecule has 0 aromatic rings. The van der Waals surface area contributed by atoms with E-state index in [1.54, 1.807) is 4.31 Å². The molecule has 1 rings (SSSR count). The van der Waals surface area contributed by atoms with Crippen molar-refractivity contribution in [1.29, 1.82) is 0 Å². The second-order valence-electron chi connectivity index (χ2n) is 2.78. The Morgan fingerprint density at radius 1 is 1.64 bits per heavy atom. The number of nitrogens with zero attached hydrogens (tertiary/aromatic N) is 2. The van der Waals surface area contributed by atoms with E-state index in [1.165, 1.54) is 0 Å². The zero-order valence-corrected chi connectivity index (χ0v) is 7.29. The summed E-state index contributed by atoms with van der Waals surface area (Å²) in [6.45, 7) is 2.14. The molecule has 0 aromatic carbocycles. The van der Waals surface area contributed by atoms with Crippen LogP contribution in [0, 0.1) is 0 Å². The van der Waals surface area contributed by atoms with Crippen LogP contribution in [-0.4, -0.2) is 53.0 Å². The largest absolute Gasteiger partial charge is 0.480 e. The molecule has 1 heterocycles. The van der Waals surface area contributed by atoms with Crippen molar-refractivity contribution in [1.82, 2.24) is 9.21 Å². The molecule has 0 bridgehead atoms. The maximum Gasteiger partial charge on any atom is 0.323 e. The second-order valence-corrected chi connectivity index (χ2v) is 3.29. The molecule has 0 aliphatic carbocycles. The van der Waals surface area contributed by atoms with Crippen LogP contribution < -0.4 is 0 Å². The third-order valence-electron chi connectivity index (χ3n) is 1.84. The van der Waals surface area contributed by atoms with Crippen molar-refractivity contribution in [3.05, 3.63) is 0 Å². The normalized spacial score (nSPS) is 28.7. The lowest BCUT2D eigenvalue weighted by molar-refractivity contribution is -0.142. The van der Waals surface area contributed by atoms with Gasteiger partial charge in [-0.1, -0.05) is 12.8 Å². The number of piperazine rings is 1. The summed E-state index contributed by atoms with van der Waals surface area (Å²) >= 11 is 4.06. The summed E-state index contributed by atoms with van der Waals surface area (Å²) in [5.41, 5.74) is 0. The van der Waals surface area contributed by atoms with Gasteiger partial charge >= 0.3 is 5.97 Å². The maximum absolute atomic E-state index is 10.6. The Labute approximate surface area is 71.3 Å². The molecule has 0 aromatic heterocycles. The minimum atomic E-state index is -0.799. The average molecular weight is 176 g/mol. The molecular formula is C6H12N2O2S. The van der Waals surface area contributed by atoms with Crippen molar-refractivity contribution < 1.29 is 9.90 Å². The average Bonchev–Trinajstić information content (AvgIpc) is 1.94. The molecule has 0 amide bonds. The molecule has 1 unspecified atom stereocenters. The van der Waals surface area contributed by atoms with Gasteiger partial charge in [0.25, 0.3) is 0 Å². The highest BCUT2D eigenvalue weighted by Crippen LogP contribution is 2.09. The van der Waals surface area contributed by atoms with Crippen molar-refractivity contribution in [2.75, 3.05) is 26.7 Å². The van der Waals surface area contributed by atoms with Gasteiger partial charge in [0.15, 0.2) is 0 Å². The number of aliphatic carboxylic acids is 1. The van der Waals surface area contributed by atoms with Gasteiger partial charge in [0, 0.05) is 19.6 Å². The highest BCUT2D eigenvalue weighted by Gasteiger charge is 2.28. The lowest BCUT2D eigenvalue weighted by Crippen LogP contribution is -2.51. The number of likely N-dealkylation sites (N-methyl/N-ethyl adjacent to an activating group) is 1. The van der Waals surface area contributed by atoms with Crippen molar-refractivity contribution in [2.24, 2.45) is 0 Å². The first-order chi connectivity index (χ1) is 5.11. The molecule has 11 heavy (non-hydrogen) atoms. The van der Waals surface area contributed by atoms with E-state index in [2.05, 4.69) is 12.8 Å². The topological polar surface area (TPSA) is 43.8 Å². The lowest BCUT2D eigenvalue weighted by Gasteiger charge is -2.33. The Hall–Kier alpha value is -0.260. The van der Waals surface area contributed by atoms with E-state index in [-0.39, 0.29) is 0 Å². The van der Waals surface area contributed by atoms with Crippen molar-refractivity contribution in [3.63, 3.8) is 0 Å². The molecule has 1 aliphatic rings. The maximum atomic E-state index is 10.6. The van der Waals surface area contributed by atoms with E-state index in [1.807, 2.05) is 11.9 Å². The molecule has 4 nitrogen and oxygen atoms in total. The third kappa shape index (κ3) is 2.08. The van der Waals surface area contributed by atoms with Crippen LogP contribution in [0.3, 0.4) is 0 Å². The molecule has 1 saturated heterocycles. The molecule has 1 aliphatic heterocycles. The fraction of sp³-hybridized carbons (Fsp3) is 0.833. The van der Waals surface area contributed by atoms with Crippen LogP contribution in [0.4, 0.5) is 0 Å². The van der Waals surface area contributed by atoms with Gasteiger partial charge < -0.3 is 10.0 Å². The molecule has 64 valence electrons. The predicted octanol–water partition coefficient (Wildman–Crippen LogP) is -0.468. The summed E-state index contributed by atoms with van der Waals surface area (Å²) in [4.78, 5) is 12.6. The summed E-state index contributed by atoms with van der Waals surface area (Å²) < 4.78 is 1.57. The number of carbonyl (C=O) groups is 1. The van der Waals surface area contributed by atoms with E-state index in [0.29, 0.717) is 13.1 Å². The molecular weight excluding hydrogens is 164 g/mol. The van der Waals surface area contributed by atoms with Gasteiger partial charge in [-0.2, -0.15) is 0 Å². The number of hydrogen-bond acceptors (Lipinski definition) is 4. The fourth-order valence-electron chi connectivity index (χ4n) is 1.12. The monoisotopic (exact) mass is 176 g/mol. The number of hydrogen-bond donors (Lipinski definition) is 2. The number of rotatable bonds is 1. The number of carboxylic acids is 1. The van der Waals surface area contributed by atoms with Gasteiger partial charge in [0.05, 0.1) is 0 Å². The molecule has 1 fully saturated rings. The minimum absolute atomic E-state index is 0.461. The summed E-state index contributed by atoms with van der Waals surface area (Å²) in [5, 5.41) is 8.71. The van der Waals surface area contributed by atoms with E-state index >= 15 is 0 Å². The Morgan fingerprint density at radius 3 is 2.73 bits per heavy atom. The smallest absolute Gasteiger partial charge is 0.323 e. The zero-order chi connectivity index (χ0) is 8.43. The van der Waals surface area contributed by atoms with E-state index in [4.69, 9.17) is 5.11 Å². The van der Waals surface area contributed by atoms with Crippen molar-refractivity contribution in [3.8, 4) is 0 Å². The number of thiol groups is 1. The third-order valence-corrected chi connectivity index (χ3v) is 2.32. The summed E-state index contributed by atoms with van der Waals surface area (Å²) in [7, 11) is 1.91. The van der Waals surface area contributed by atoms with Gasteiger partial charge in [0.2, 0.25) is 0 Å². The first kappa shape index (κ1) is 8.83. The van der Waals surface area contributed by atoms with Crippen LogP contribution in [0.2, 0.25) is 0 Å². The SMILES string of the molecule is CN1CCN(S)C(C(=O)O)C1. The van der Waals surface area contributed by atoms with Gasteiger partial charge in [0.1, 0.15) is 6.04 Å². The standard InChI is InChI=1S/C6H12N2O2S/c1-7-2-3-8(11)5(4-7)6(9)10/h5,11H,2-4H2,1H3,(H,9,10). The van der Waals surface area contributed by atoms with Gasteiger partial charge in [-0.15, -0.1) is 0 Å². The van der Waals surface area contributed by atoms with Gasteiger partial charge in [-0.05, 0) is 7.05 Å². The van der Waals surface area contributed by atoms with Gasteiger partial charge in [-0.3, -0.25) is 4.79 Å². The number of carboxylic acid groups (broad SMARTS) is 1. The molecule has 0 spiro atoms. The molecule has 5 heteroatoms. The van der Waals surface area contributed by atoms with E-state index < -0.39 is 12.0 Å². The van der Waals surface area contributed by atoms with Crippen LogP contribution >= 0.6 is 12.8 Å². The van der Waals surface area contributed by atoms with E-state index in [9.17, 15) is 4.79 Å². The minimum Gasteiger partial charge on any atom is -0.480 e. The first-order valence-electron chi connectivity index (χ1n) is 3.48. The van der Waals surface area contributed by atoms with Crippen LogP contribution in [-0.2, 0) is 4.79 Å². The predicted molar refractivity (Wildman–Crippen MR) is 44.6 cm³/mol. The molecule has 0 saturated carbocycles.